The third kappa shape index (κ3) is 2.35. The van der Waals surface area contributed by atoms with Crippen molar-refractivity contribution >= 4 is 5.71 Å². The molecule has 1 heterocycles. The molecule has 0 aromatic rings. The van der Waals surface area contributed by atoms with Crippen LogP contribution in [-0.4, -0.2) is 39.9 Å². The maximum absolute atomic E-state index is 9.20. The third-order valence-electron chi connectivity index (χ3n) is 3.93. The maximum Gasteiger partial charge on any atom is 0.211 e. The second-order valence-corrected chi connectivity index (χ2v) is 4.99. The normalized spacial score (nSPS) is 40.4. The molecule has 1 aliphatic carbocycles. The first-order valence-electron chi connectivity index (χ1n) is 6.12. The quantitative estimate of drug-likeness (QED) is 0.319. The van der Waals surface area contributed by atoms with E-state index in [2.05, 4.69) is 19.2 Å². The minimum Gasteiger partial charge on any atom is -0.366 e. The lowest BCUT2D eigenvalue weighted by molar-refractivity contribution is -0.461. The standard InChI is InChI=1S/C13H21N2O2/c1-4-6-15(8-11-12(16)17-11)9(3)13(14)7-10(13)5-2/h6,10-12,16H,1,5,7-8,14H2,2-3H3/q+1. The Bertz CT molecular complexity index is 398. The van der Waals surface area contributed by atoms with Crippen molar-refractivity contribution in [1.82, 2.24) is 0 Å². The minimum atomic E-state index is -0.626. The van der Waals surface area contributed by atoms with Gasteiger partial charge in [-0.25, -0.2) is 0 Å². The van der Waals surface area contributed by atoms with E-state index in [9.17, 15) is 5.11 Å². The highest BCUT2D eigenvalue weighted by molar-refractivity contribution is 5.90. The van der Waals surface area contributed by atoms with Gasteiger partial charge in [-0.15, -0.1) is 0 Å². The van der Waals surface area contributed by atoms with Gasteiger partial charge >= 0.3 is 0 Å². The number of aliphatic hydroxyl groups excluding tert-OH is 1. The Morgan fingerprint density at radius 1 is 1.76 bits per heavy atom. The zero-order valence-electron chi connectivity index (χ0n) is 10.5. The smallest absolute Gasteiger partial charge is 0.211 e. The van der Waals surface area contributed by atoms with Gasteiger partial charge in [0.2, 0.25) is 6.20 Å². The van der Waals surface area contributed by atoms with Crippen LogP contribution >= 0.6 is 0 Å². The summed E-state index contributed by atoms with van der Waals surface area (Å²) in [6, 6.07) is 0. The summed E-state index contributed by atoms with van der Waals surface area (Å²) in [7, 11) is 0. The molecule has 4 unspecified atom stereocenters. The predicted molar refractivity (Wildman–Crippen MR) is 65.7 cm³/mol. The molecule has 2 aliphatic rings. The molecular weight excluding hydrogens is 216 g/mol. The Balaban J connectivity index is 2.15. The Labute approximate surface area is 102 Å². The van der Waals surface area contributed by atoms with E-state index >= 15 is 0 Å². The molecule has 4 nitrogen and oxygen atoms in total. The summed E-state index contributed by atoms with van der Waals surface area (Å²) < 4.78 is 7.03. The van der Waals surface area contributed by atoms with Crippen LogP contribution in [0, 0.1) is 5.92 Å². The lowest BCUT2D eigenvalue weighted by Crippen LogP contribution is -2.39. The Kier molecular flexibility index (Phi) is 3.23. The number of ether oxygens (including phenoxy) is 1. The zero-order valence-corrected chi connectivity index (χ0v) is 10.5. The molecule has 0 spiro atoms. The van der Waals surface area contributed by atoms with Crippen LogP contribution in [0.4, 0.5) is 0 Å². The summed E-state index contributed by atoms with van der Waals surface area (Å²) in [5, 5.41) is 9.20. The number of nitrogens with zero attached hydrogens (tertiary/aromatic N) is 1. The molecule has 94 valence electrons. The van der Waals surface area contributed by atoms with Crippen molar-refractivity contribution in [3.05, 3.63) is 18.5 Å². The van der Waals surface area contributed by atoms with Crippen molar-refractivity contribution < 1.29 is 14.4 Å². The number of hydrogen-bond donors (Lipinski definition) is 2. The van der Waals surface area contributed by atoms with Crippen LogP contribution in [0.5, 0.6) is 0 Å². The maximum atomic E-state index is 9.20. The zero-order chi connectivity index (χ0) is 12.6. The average Bonchev–Trinajstić information content (AvgIpc) is 3.17. The summed E-state index contributed by atoms with van der Waals surface area (Å²) in [6.45, 7) is 8.41. The first-order valence-corrected chi connectivity index (χ1v) is 6.12. The molecule has 4 heteroatoms. The van der Waals surface area contributed by atoms with E-state index in [0.29, 0.717) is 12.5 Å². The van der Waals surface area contributed by atoms with Crippen molar-refractivity contribution in [2.24, 2.45) is 11.7 Å². The van der Waals surface area contributed by atoms with Gasteiger partial charge < -0.3 is 15.6 Å². The Morgan fingerprint density at radius 3 is 2.82 bits per heavy atom. The Morgan fingerprint density at radius 2 is 2.41 bits per heavy atom. The van der Waals surface area contributed by atoms with Crippen molar-refractivity contribution in [2.45, 2.75) is 44.6 Å². The molecule has 0 radical (unpaired) electrons. The van der Waals surface area contributed by atoms with Crippen LogP contribution in [0.15, 0.2) is 18.5 Å². The molecule has 3 N–H and O–H groups in total. The third-order valence-corrected chi connectivity index (χ3v) is 3.93. The predicted octanol–water partition coefficient (Wildman–Crippen LogP) is 0.603. The van der Waals surface area contributed by atoms with Crippen LogP contribution in [0.25, 0.3) is 0 Å². The summed E-state index contributed by atoms with van der Waals surface area (Å²) in [5.74, 6) is 0.563. The van der Waals surface area contributed by atoms with E-state index in [4.69, 9.17) is 10.5 Å². The minimum absolute atomic E-state index is 0.114. The van der Waals surface area contributed by atoms with Gasteiger partial charge in [0.1, 0.15) is 0 Å². The van der Waals surface area contributed by atoms with Gasteiger partial charge in [-0.05, 0) is 12.3 Å². The molecule has 4 atom stereocenters. The molecule has 1 saturated carbocycles. The topological polar surface area (TPSA) is 61.8 Å². The second-order valence-electron chi connectivity index (χ2n) is 4.99. The lowest BCUT2D eigenvalue weighted by Gasteiger charge is -2.09. The fourth-order valence-corrected chi connectivity index (χ4v) is 2.43. The molecule has 0 aromatic heterocycles. The fourth-order valence-electron chi connectivity index (χ4n) is 2.43. The molecule has 2 fully saturated rings. The molecular formula is C13H21N2O2+. The van der Waals surface area contributed by atoms with Gasteiger partial charge in [-0.3, -0.25) is 0 Å². The van der Waals surface area contributed by atoms with Crippen LogP contribution in [-0.2, 0) is 4.74 Å². The van der Waals surface area contributed by atoms with Gasteiger partial charge in [0.25, 0.3) is 0 Å². The van der Waals surface area contributed by atoms with Crippen molar-refractivity contribution in [3.8, 4) is 0 Å². The van der Waals surface area contributed by atoms with Crippen molar-refractivity contribution in [1.29, 1.82) is 0 Å². The summed E-state index contributed by atoms with van der Waals surface area (Å²) >= 11 is 0. The average molecular weight is 237 g/mol. The molecule has 0 bridgehead atoms. The number of aliphatic hydroxyl groups is 1. The summed E-state index contributed by atoms with van der Waals surface area (Å²) in [4.78, 5) is 0. The SMILES string of the molecule is C=C=C[N+](CC1OC1O)=C(C)C1(N)CC1CC. The summed E-state index contributed by atoms with van der Waals surface area (Å²) in [6.07, 6.45) is 3.17. The van der Waals surface area contributed by atoms with Crippen molar-refractivity contribution in [3.63, 3.8) is 0 Å². The van der Waals surface area contributed by atoms with Crippen LogP contribution in [0.2, 0.25) is 0 Å². The van der Waals surface area contributed by atoms with E-state index in [1.165, 1.54) is 0 Å². The lowest BCUT2D eigenvalue weighted by atomic mass is 10.1. The monoisotopic (exact) mass is 237 g/mol. The second kappa shape index (κ2) is 4.39. The van der Waals surface area contributed by atoms with Crippen molar-refractivity contribution in [2.75, 3.05) is 6.54 Å². The molecule has 1 saturated heterocycles. The van der Waals surface area contributed by atoms with Gasteiger partial charge in [-0.1, -0.05) is 25.7 Å². The number of epoxide rings is 1. The number of rotatable bonds is 5. The molecule has 0 aromatic carbocycles. The van der Waals surface area contributed by atoms with E-state index in [0.717, 1.165) is 18.6 Å². The van der Waals surface area contributed by atoms with Crippen LogP contribution in [0.3, 0.4) is 0 Å². The molecule has 0 amide bonds. The van der Waals surface area contributed by atoms with Gasteiger partial charge in [0.15, 0.2) is 24.7 Å². The highest BCUT2D eigenvalue weighted by Gasteiger charge is 2.56. The number of nitrogens with two attached hydrogens (primary N) is 1. The van der Waals surface area contributed by atoms with E-state index in [-0.39, 0.29) is 11.6 Å². The van der Waals surface area contributed by atoms with E-state index < -0.39 is 6.29 Å². The largest absolute Gasteiger partial charge is 0.366 e. The summed E-state index contributed by atoms with van der Waals surface area (Å²) in [5.41, 5.74) is 10.0. The Hall–Kier alpha value is -0.930. The van der Waals surface area contributed by atoms with Gasteiger partial charge in [0.05, 0.1) is 5.54 Å². The van der Waals surface area contributed by atoms with Gasteiger partial charge in [0, 0.05) is 6.92 Å². The molecule has 1 aliphatic heterocycles. The van der Waals surface area contributed by atoms with Crippen LogP contribution < -0.4 is 5.73 Å². The van der Waals surface area contributed by atoms with E-state index in [1.54, 1.807) is 6.20 Å². The number of hydrogen-bond acceptors (Lipinski definition) is 3. The fraction of sp³-hybridized carbons (Fsp3) is 0.692. The highest BCUT2D eigenvalue weighted by Crippen LogP contribution is 2.44. The van der Waals surface area contributed by atoms with E-state index in [1.807, 2.05) is 11.5 Å². The van der Waals surface area contributed by atoms with Crippen LogP contribution in [0.1, 0.15) is 26.7 Å². The van der Waals surface area contributed by atoms with Gasteiger partial charge in [-0.2, -0.15) is 4.58 Å². The molecule has 17 heavy (non-hydrogen) atoms. The first-order chi connectivity index (χ1) is 8.02. The first kappa shape index (κ1) is 12.5. The highest BCUT2D eigenvalue weighted by atomic mass is 16.7. The molecule has 2 rings (SSSR count).